The molecule has 1 fully saturated rings. The number of hydrogen-bond acceptors (Lipinski definition) is 6. The molecule has 0 saturated carbocycles. The predicted molar refractivity (Wildman–Crippen MR) is 106 cm³/mol. The number of ether oxygens (including phenoxy) is 2. The SMILES string of the molecule is CCCOc1cccc(OCCCCN2CCN(C)CC2)c1.O=C(O)C(=O)O. The minimum atomic E-state index is -1.82. The maximum absolute atomic E-state index is 9.10. The molecule has 1 saturated heterocycles. The average Bonchev–Trinajstić information content (AvgIpc) is 2.68. The summed E-state index contributed by atoms with van der Waals surface area (Å²) in [5.74, 6) is -1.84. The van der Waals surface area contributed by atoms with Gasteiger partial charge in [-0.15, -0.1) is 0 Å². The van der Waals surface area contributed by atoms with Crippen molar-refractivity contribution < 1.29 is 29.3 Å². The first-order valence-corrected chi connectivity index (χ1v) is 9.65. The van der Waals surface area contributed by atoms with Gasteiger partial charge in [0.05, 0.1) is 13.2 Å². The standard InChI is InChI=1S/C18H30N2O2.C2H2O4/c1-3-14-21-17-7-6-8-18(16-17)22-15-5-4-9-20-12-10-19(2)11-13-20;3-1(4)2(5)6/h6-8,16H,3-5,9-15H2,1-2H3;(H,3,4)(H,5,6). The Morgan fingerprint density at radius 2 is 1.54 bits per heavy atom. The lowest BCUT2D eigenvalue weighted by atomic mass is 10.2. The molecule has 2 rings (SSSR count). The number of hydrogen-bond donors (Lipinski definition) is 2. The Labute approximate surface area is 166 Å². The van der Waals surface area contributed by atoms with Gasteiger partial charge in [0.25, 0.3) is 0 Å². The van der Waals surface area contributed by atoms with E-state index in [1.807, 2.05) is 24.3 Å². The molecule has 1 aromatic carbocycles. The van der Waals surface area contributed by atoms with E-state index in [4.69, 9.17) is 29.3 Å². The summed E-state index contributed by atoms with van der Waals surface area (Å²) in [6, 6.07) is 7.95. The smallest absolute Gasteiger partial charge is 0.414 e. The molecule has 0 radical (unpaired) electrons. The minimum absolute atomic E-state index is 0.758. The molecular formula is C20H32N2O6. The van der Waals surface area contributed by atoms with Crippen molar-refractivity contribution in [1.82, 2.24) is 9.80 Å². The van der Waals surface area contributed by atoms with Crippen LogP contribution in [-0.2, 0) is 9.59 Å². The second-order valence-electron chi connectivity index (χ2n) is 6.63. The molecule has 1 heterocycles. The van der Waals surface area contributed by atoms with Gasteiger partial charge in [0.15, 0.2) is 0 Å². The Balaban J connectivity index is 0.000000568. The number of carboxylic acid groups (broad SMARTS) is 2. The lowest BCUT2D eigenvalue weighted by Gasteiger charge is -2.32. The molecule has 0 spiro atoms. The van der Waals surface area contributed by atoms with Crippen LogP contribution in [0, 0.1) is 0 Å². The molecule has 158 valence electrons. The van der Waals surface area contributed by atoms with Gasteiger partial charge in [-0.1, -0.05) is 13.0 Å². The maximum Gasteiger partial charge on any atom is 0.414 e. The van der Waals surface area contributed by atoms with E-state index in [0.29, 0.717) is 0 Å². The molecule has 8 heteroatoms. The number of rotatable bonds is 9. The molecule has 0 aliphatic carbocycles. The van der Waals surface area contributed by atoms with Crippen molar-refractivity contribution in [3.8, 4) is 11.5 Å². The van der Waals surface area contributed by atoms with Crippen molar-refractivity contribution in [3.05, 3.63) is 24.3 Å². The van der Waals surface area contributed by atoms with Crippen LogP contribution in [0.2, 0.25) is 0 Å². The molecule has 1 aliphatic rings. The van der Waals surface area contributed by atoms with Gasteiger partial charge >= 0.3 is 11.9 Å². The molecule has 0 aromatic heterocycles. The van der Waals surface area contributed by atoms with Crippen LogP contribution in [-0.4, -0.2) is 84.9 Å². The van der Waals surface area contributed by atoms with Crippen molar-refractivity contribution in [3.63, 3.8) is 0 Å². The van der Waals surface area contributed by atoms with Gasteiger partial charge in [-0.3, -0.25) is 0 Å². The first-order chi connectivity index (χ1) is 13.4. The number of carbonyl (C=O) groups is 2. The summed E-state index contributed by atoms with van der Waals surface area (Å²) in [5, 5.41) is 14.8. The largest absolute Gasteiger partial charge is 0.493 e. The zero-order valence-electron chi connectivity index (χ0n) is 16.8. The third-order valence-electron chi connectivity index (χ3n) is 4.19. The average molecular weight is 396 g/mol. The van der Waals surface area contributed by atoms with Gasteiger partial charge in [-0.2, -0.15) is 0 Å². The zero-order valence-corrected chi connectivity index (χ0v) is 16.8. The fraction of sp³-hybridized carbons (Fsp3) is 0.600. The van der Waals surface area contributed by atoms with Crippen molar-refractivity contribution in [1.29, 1.82) is 0 Å². The highest BCUT2D eigenvalue weighted by molar-refractivity contribution is 6.27. The normalized spacial score (nSPS) is 14.6. The van der Waals surface area contributed by atoms with E-state index in [1.165, 1.54) is 39.1 Å². The number of benzene rings is 1. The molecule has 1 aliphatic heterocycles. The summed E-state index contributed by atoms with van der Waals surface area (Å²) in [6.45, 7) is 9.64. The summed E-state index contributed by atoms with van der Waals surface area (Å²) >= 11 is 0. The monoisotopic (exact) mass is 396 g/mol. The molecular weight excluding hydrogens is 364 g/mol. The molecule has 28 heavy (non-hydrogen) atoms. The molecule has 0 unspecified atom stereocenters. The van der Waals surface area contributed by atoms with Crippen LogP contribution in [0.1, 0.15) is 26.2 Å². The Bertz CT molecular complexity index is 576. The number of nitrogens with zero attached hydrogens (tertiary/aromatic N) is 2. The Morgan fingerprint density at radius 1 is 0.964 bits per heavy atom. The van der Waals surface area contributed by atoms with E-state index in [0.717, 1.165) is 37.6 Å². The van der Waals surface area contributed by atoms with E-state index >= 15 is 0 Å². The van der Waals surface area contributed by atoms with Crippen molar-refractivity contribution in [2.45, 2.75) is 26.2 Å². The summed E-state index contributed by atoms with van der Waals surface area (Å²) in [4.78, 5) is 23.1. The molecule has 0 atom stereocenters. The van der Waals surface area contributed by atoms with Gasteiger partial charge in [0, 0.05) is 32.2 Å². The number of unbranched alkanes of at least 4 members (excludes halogenated alkanes) is 1. The van der Waals surface area contributed by atoms with Crippen molar-refractivity contribution in [2.75, 3.05) is 53.0 Å². The van der Waals surface area contributed by atoms with Gasteiger partial charge in [-0.25, -0.2) is 9.59 Å². The van der Waals surface area contributed by atoms with Gasteiger partial charge < -0.3 is 29.5 Å². The van der Waals surface area contributed by atoms with E-state index in [9.17, 15) is 0 Å². The van der Waals surface area contributed by atoms with Crippen molar-refractivity contribution >= 4 is 11.9 Å². The number of aliphatic carboxylic acids is 2. The zero-order chi connectivity index (χ0) is 20.8. The summed E-state index contributed by atoms with van der Waals surface area (Å²) in [5.41, 5.74) is 0. The minimum Gasteiger partial charge on any atom is -0.493 e. The molecule has 0 amide bonds. The van der Waals surface area contributed by atoms with Crippen molar-refractivity contribution in [2.24, 2.45) is 0 Å². The van der Waals surface area contributed by atoms with Crippen LogP contribution in [0.3, 0.4) is 0 Å². The van der Waals surface area contributed by atoms with Crippen LogP contribution in [0.4, 0.5) is 0 Å². The van der Waals surface area contributed by atoms with E-state index < -0.39 is 11.9 Å². The highest BCUT2D eigenvalue weighted by Gasteiger charge is 2.12. The third-order valence-corrected chi connectivity index (χ3v) is 4.19. The van der Waals surface area contributed by atoms with Crippen LogP contribution in [0.5, 0.6) is 11.5 Å². The van der Waals surface area contributed by atoms with Gasteiger partial charge in [0.2, 0.25) is 0 Å². The fourth-order valence-electron chi connectivity index (χ4n) is 2.57. The van der Waals surface area contributed by atoms with Crippen LogP contribution in [0.25, 0.3) is 0 Å². The predicted octanol–water partition coefficient (Wildman–Crippen LogP) is 2.04. The van der Waals surface area contributed by atoms with E-state index in [1.54, 1.807) is 0 Å². The number of piperazine rings is 1. The van der Waals surface area contributed by atoms with E-state index in [-0.39, 0.29) is 0 Å². The number of carboxylic acids is 2. The summed E-state index contributed by atoms with van der Waals surface area (Å²) in [6.07, 6.45) is 3.33. The quantitative estimate of drug-likeness (QED) is 0.483. The van der Waals surface area contributed by atoms with Crippen LogP contribution in [0.15, 0.2) is 24.3 Å². The van der Waals surface area contributed by atoms with Gasteiger partial charge in [0.1, 0.15) is 11.5 Å². The Morgan fingerprint density at radius 3 is 2.07 bits per heavy atom. The second-order valence-corrected chi connectivity index (χ2v) is 6.63. The molecule has 1 aromatic rings. The maximum atomic E-state index is 9.10. The lowest BCUT2D eigenvalue weighted by Crippen LogP contribution is -2.44. The second kappa shape index (κ2) is 13.8. The molecule has 0 bridgehead atoms. The lowest BCUT2D eigenvalue weighted by molar-refractivity contribution is -0.159. The van der Waals surface area contributed by atoms with E-state index in [2.05, 4.69) is 23.8 Å². The third kappa shape index (κ3) is 10.7. The van der Waals surface area contributed by atoms with Crippen LogP contribution >= 0.6 is 0 Å². The van der Waals surface area contributed by atoms with Crippen LogP contribution < -0.4 is 9.47 Å². The number of likely N-dealkylation sites (N-methyl/N-ethyl adjacent to an activating group) is 1. The Hall–Kier alpha value is -2.32. The first kappa shape index (κ1) is 23.7. The summed E-state index contributed by atoms with van der Waals surface area (Å²) < 4.78 is 11.4. The summed E-state index contributed by atoms with van der Waals surface area (Å²) in [7, 11) is 2.20. The Kier molecular flexibility index (Phi) is 11.7. The van der Waals surface area contributed by atoms with Gasteiger partial charge in [-0.05, 0) is 45.0 Å². The first-order valence-electron chi connectivity index (χ1n) is 9.65. The molecule has 2 N–H and O–H groups in total. The fourth-order valence-corrected chi connectivity index (χ4v) is 2.57. The molecule has 8 nitrogen and oxygen atoms in total. The highest BCUT2D eigenvalue weighted by Crippen LogP contribution is 2.19. The topological polar surface area (TPSA) is 99.5 Å². The highest BCUT2D eigenvalue weighted by atomic mass is 16.5.